The number of aromatic nitrogens is 1. The standard InChI is InChI=1S/C11H9ClF3N3OS/c12-8-2-1-7(5-16-8)6-18-3-4-20-10(18)17-9(19)11(13,14)15/h1-5,10H,6H2,(H,17,19). The molecule has 0 aliphatic carbocycles. The van der Waals surface area contributed by atoms with Gasteiger partial charge >= 0.3 is 12.1 Å². The molecule has 0 spiro atoms. The van der Waals surface area contributed by atoms with E-state index in [0.29, 0.717) is 11.7 Å². The predicted molar refractivity (Wildman–Crippen MR) is 69.5 cm³/mol. The number of halogens is 4. The maximum atomic E-state index is 12.2. The van der Waals surface area contributed by atoms with E-state index in [0.717, 1.165) is 17.3 Å². The number of rotatable bonds is 3. The largest absolute Gasteiger partial charge is 0.471 e. The highest BCUT2D eigenvalue weighted by Gasteiger charge is 2.40. The number of pyridine rings is 1. The van der Waals surface area contributed by atoms with Crippen LogP contribution in [0, 0.1) is 0 Å². The van der Waals surface area contributed by atoms with Gasteiger partial charge in [-0.2, -0.15) is 13.2 Å². The van der Waals surface area contributed by atoms with Crippen LogP contribution in [0.1, 0.15) is 5.56 Å². The number of carbonyl (C=O) groups excluding carboxylic acids is 1. The van der Waals surface area contributed by atoms with Gasteiger partial charge in [0.15, 0.2) is 5.50 Å². The fourth-order valence-electron chi connectivity index (χ4n) is 1.50. The summed E-state index contributed by atoms with van der Waals surface area (Å²) in [5.41, 5.74) is -0.0207. The Labute approximate surface area is 122 Å². The van der Waals surface area contributed by atoms with Crippen molar-refractivity contribution in [3.05, 3.63) is 40.7 Å². The molecule has 108 valence electrons. The fraction of sp³-hybridized carbons (Fsp3) is 0.273. The number of thioether (sulfide) groups is 1. The van der Waals surface area contributed by atoms with E-state index in [-0.39, 0.29) is 0 Å². The van der Waals surface area contributed by atoms with Gasteiger partial charge < -0.3 is 10.2 Å². The third-order valence-electron chi connectivity index (χ3n) is 2.43. The van der Waals surface area contributed by atoms with Crippen LogP contribution in [0.5, 0.6) is 0 Å². The molecule has 0 saturated heterocycles. The summed E-state index contributed by atoms with van der Waals surface area (Å²) in [5.74, 6) is -1.96. The van der Waals surface area contributed by atoms with Gasteiger partial charge in [-0.05, 0) is 17.0 Å². The summed E-state index contributed by atoms with van der Waals surface area (Å²) in [4.78, 5) is 16.4. The predicted octanol–water partition coefficient (Wildman–Crippen LogP) is 2.72. The lowest BCUT2D eigenvalue weighted by atomic mass is 10.3. The van der Waals surface area contributed by atoms with Gasteiger partial charge in [-0.25, -0.2) is 4.98 Å². The van der Waals surface area contributed by atoms with Crippen LogP contribution in [-0.4, -0.2) is 27.5 Å². The zero-order valence-electron chi connectivity index (χ0n) is 9.89. The molecule has 1 atom stereocenters. The number of nitrogens with one attached hydrogen (secondary N) is 1. The van der Waals surface area contributed by atoms with Gasteiger partial charge in [0.2, 0.25) is 0 Å². The van der Waals surface area contributed by atoms with E-state index in [1.165, 1.54) is 6.20 Å². The average Bonchev–Trinajstić information content (AvgIpc) is 2.78. The maximum Gasteiger partial charge on any atom is 0.471 e. The second kappa shape index (κ2) is 5.92. The molecular weight excluding hydrogens is 315 g/mol. The first-order valence-corrected chi connectivity index (χ1v) is 6.74. The van der Waals surface area contributed by atoms with Crippen LogP contribution in [0.4, 0.5) is 13.2 Å². The molecule has 4 nitrogen and oxygen atoms in total. The lowest BCUT2D eigenvalue weighted by Gasteiger charge is -2.25. The molecule has 2 rings (SSSR count). The van der Waals surface area contributed by atoms with Crippen LogP contribution < -0.4 is 5.32 Å². The molecular formula is C11H9ClF3N3OS. The minimum Gasteiger partial charge on any atom is -0.344 e. The summed E-state index contributed by atoms with van der Waals surface area (Å²) >= 11 is 6.74. The topological polar surface area (TPSA) is 45.2 Å². The van der Waals surface area contributed by atoms with E-state index in [4.69, 9.17) is 11.6 Å². The van der Waals surface area contributed by atoms with E-state index in [2.05, 4.69) is 4.98 Å². The number of hydrogen-bond donors (Lipinski definition) is 1. The van der Waals surface area contributed by atoms with Gasteiger partial charge in [-0.1, -0.05) is 29.4 Å². The molecule has 0 fully saturated rings. The lowest BCUT2D eigenvalue weighted by Crippen LogP contribution is -2.46. The van der Waals surface area contributed by atoms with Crippen LogP contribution in [0.2, 0.25) is 5.15 Å². The summed E-state index contributed by atoms with van der Waals surface area (Å²) in [5, 5.41) is 3.87. The molecule has 1 aromatic rings. The number of nitrogens with zero attached hydrogens (tertiary/aromatic N) is 2. The monoisotopic (exact) mass is 323 g/mol. The Kier molecular flexibility index (Phi) is 4.44. The maximum absolute atomic E-state index is 12.2. The molecule has 1 aromatic heterocycles. The Bertz CT molecular complexity index is 521. The zero-order chi connectivity index (χ0) is 14.8. The van der Waals surface area contributed by atoms with E-state index >= 15 is 0 Å². The van der Waals surface area contributed by atoms with Crippen LogP contribution >= 0.6 is 23.4 Å². The molecule has 1 N–H and O–H groups in total. The van der Waals surface area contributed by atoms with Crippen molar-refractivity contribution in [1.82, 2.24) is 15.2 Å². The minimum absolute atomic E-state index is 0.316. The van der Waals surface area contributed by atoms with E-state index in [1.54, 1.807) is 28.6 Å². The van der Waals surface area contributed by atoms with Crippen LogP contribution in [0.15, 0.2) is 29.9 Å². The highest BCUT2D eigenvalue weighted by Crippen LogP contribution is 2.26. The van der Waals surface area contributed by atoms with E-state index in [1.807, 2.05) is 5.32 Å². The van der Waals surface area contributed by atoms with Crippen molar-refractivity contribution >= 4 is 29.3 Å². The highest BCUT2D eigenvalue weighted by atomic mass is 35.5. The molecule has 0 aromatic carbocycles. The minimum atomic E-state index is -4.89. The number of amides is 1. The van der Waals surface area contributed by atoms with E-state index < -0.39 is 17.6 Å². The van der Waals surface area contributed by atoms with Gasteiger partial charge in [0.1, 0.15) is 5.15 Å². The normalized spacial score (nSPS) is 18.4. The molecule has 1 unspecified atom stereocenters. The van der Waals surface area contributed by atoms with Crippen molar-refractivity contribution in [2.24, 2.45) is 0 Å². The van der Waals surface area contributed by atoms with Crippen LogP contribution in [0.25, 0.3) is 0 Å². The quantitative estimate of drug-likeness (QED) is 0.869. The summed E-state index contributed by atoms with van der Waals surface area (Å²) < 4.78 is 36.6. The van der Waals surface area contributed by atoms with Crippen molar-refractivity contribution in [1.29, 1.82) is 0 Å². The lowest BCUT2D eigenvalue weighted by molar-refractivity contribution is -0.174. The molecule has 0 saturated carbocycles. The smallest absolute Gasteiger partial charge is 0.344 e. The summed E-state index contributed by atoms with van der Waals surface area (Å²) in [6, 6.07) is 3.31. The molecule has 0 bridgehead atoms. The molecule has 1 aliphatic rings. The fourth-order valence-corrected chi connectivity index (χ4v) is 2.46. The number of alkyl halides is 3. The highest BCUT2D eigenvalue weighted by molar-refractivity contribution is 8.02. The van der Waals surface area contributed by atoms with Gasteiger partial charge in [0, 0.05) is 18.9 Å². The first kappa shape index (κ1) is 15.0. The Balaban J connectivity index is 1.98. The van der Waals surface area contributed by atoms with Gasteiger partial charge in [0.25, 0.3) is 0 Å². The van der Waals surface area contributed by atoms with Crippen molar-refractivity contribution in [3.63, 3.8) is 0 Å². The molecule has 1 aliphatic heterocycles. The van der Waals surface area contributed by atoms with Gasteiger partial charge in [-0.3, -0.25) is 4.79 Å². The van der Waals surface area contributed by atoms with Crippen molar-refractivity contribution in [2.45, 2.75) is 18.2 Å². The third-order valence-corrected chi connectivity index (χ3v) is 3.58. The Morgan fingerprint density at radius 3 is 2.85 bits per heavy atom. The summed E-state index contributed by atoms with van der Waals surface area (Å²) in [6.45, 7) is 0.316. The third kappa shape index (κ3) is 3.80. The molecule has 9 heteroatoms. The van der Waals surface area contributed by atoms with Gasteiger partial charge in [0.05, 0.1) is 0 Å². The Morgan fingerprint density at radius 2 is 2.25 bits per heavy atom. The zero-order valence-corrected chi connectivity index (χ0v) is 11.5. The average molecular weight is 324 g/mol. The van der Waals surface area contributed by atoms with E-state index in [9.17, 15) is 18.0 Å². The Morgan fingerprint density at radius 1 is 1.50 bits per heavy atom. The van der Waals surface area contributed by atoms with Crippen LogP contribution in [-0.2, 0) is 11.3 Å². The first-order chi connectivity index (χ1) is 9.36. The molecule has 20 heavy (non-hydrogen) atoms. The second-order valence-electron chi connectivity index (χ2n) is 3.91. The number of carbonyl (C=O) groups is 1. The summed E-state index contributed by atoms with van der Waals surface area (Å²) in [6.07, 6.45) is -1.75. The molecule has 0 radical (unpaired) electrons. The van der Waals surface area contributed by atoms with Crippen LogP contribution in [0.3, 0.4) is 0 Å². The first-order valence-electron chi connectivity index (χ1n) is 5.42. The van der Waals surface area contributed by atoms with Gasteiger partial charge in [-0.15, -0.1) is 0 Å². The SMILES string of the molecule is O=C(NC1SC=CN1Cc1ccc(Cl)nc1)C(F)(F)F. The summed E-state index contributed by atoms with van der Waals surface area (Å²) in [7, 11) is 0. The second-order valence-corrected chi connectivity index (χ2v) is 5.28. The molecule has 2 heterocycles. The molecule has 1 amide bonds. The Hall–Kier alpha value is -1.41. The van der Waals surface area contributed by atoms with Crippen molar-refractivity contribution in [2.75, 3.05) is 0 Å². The van der Waals surface area contributed by atoms with Crippen molar-refractivity contribution in [3.8, 4) is 0 Å². The van der Waals surface area contributed by atoms with Crippen molar-refractivity contribution < 1.29 is 18.0 Å². The number of hydrogen-bond acceptors (Lipinski definition) is 4.